The average Bonchev–Trinajstić information content (AvgIpc) is 2.53. The number of rotatable bonds is 5. The molecule has 0 fully saturated rings. The summed E-state index contributed by atoms with van der Waals surface area (Å²) in [6, 6.07) is 15.9. The van der Waals surface area contributed by atoms with Gasteiger partial charge in [0.2, 0.25) is 0 Å². The van der Waals surface area contributed by atoms with E-state index < -0.39 is 0 Å². The van der Waals surface area contributed by atoms with E-state index in [1.165, 1.54) is 0 Å². The van der Waals surface area contributed by atoms with Crippen molar-refractivity contribution in [1.82, 2.24) is 5.32 Å². The first-order valence-corrected chi connectivity index (χ1v) is 7.14. The first kappa shape index (κ1) is 15.9. The number of hydrogen-bond donors (Lipinski definition) is 1. The topological polar surface area (TPSA) is 62.1 Å². The van der Waals surface area contributed by atoms with Crippen molar-refractivity contribution in [3.8, 4) is 11.8 Å². The maximum atomic E-state index is 11.9. The summed E-state index contributed by atoms with van der Waals surface area (Å²) in [5, 5.41) is 12.3. The minimum absolute atomic E-state index is 0.104. The summed E-state index contributed by atoms with van der Waals surface area (Å²) < 4.78 is 5.38. The zero-order chi connectivity index (χ0) is 15.9. The predicted octanol–water partition coefficient (Wildman–Crippen LogP) is 3.47. The molecule has 0 aliphatic rings. The average molecular weight is 315 g/mol. The minimum atomic E-state index is -0.232. The Labute approximate surface area is 134 Å². The van der Waals surface area contributed by atoms with Crippen molar-refractivity contribution < 1.29 is 9.53 Å². The highest BCUT2D eigenvalue weighted by atomic mass is 35.5. The van der Waals surface area contributed by atoms with Crippen molar-refractivity contribution in [2.24, 2.45) is 0 Å². The van der Waals surface area contributed by atoms with Gasteiger partial charge in [-0.2, -0.15) is 5.26 Å². The third-order valence-corrected chi connectivity index (χ3v) is 3.33. The van der Waals surface area contributed by atoms with Crippen molar-refractivity contribution in [3.63, 3.8) is 0 Å². The summed E-state index contributed by atoms with van der Waals surface area (Å²) in [6.45, 7) is 1.78. The fraction of sp³-hybridized carbons (Fsp3) is 0.176. The smallest absolute Gasteiger partial charge is 0.258 e. The van der Waals surface area contributed by atoms with E-state index in [4.69, 9.17) is 21.6 Å². The van der Waals surface area contributed by atoms with Crippen LogP contribution in [0.25, 0.3) is 0 Å². The molecule has 0 heterocycles. The fourth-order valence-corrected chi connectivity index (χ4v) is 2.05. The Kier molecular flexibility index (Phi) is 5.40. The van der Waals surface area contributed by atoms with Crippen LogP contribution in [0.15, 0.2) is 48.5 Å². The summed E-state index contributed by atoms with van der Waals surface area (Å²) in [5.74, 6) is 0.262. The van der Waals surface area contributed by atoms with Gasteiger partial charge in [-0.1, -0.05) is 29.8 Å². The molecule has 0 bridgehead atoms. The molecule has 22 heavy (non-hydrogen) atoms. The summed E-state index contributed by atoms with van der Waals surface area (Å²) in [7, 11) is 0. The van der Waals surface area contributed by atoms with Crippen LogP contribution in [-0.2, 0) is 4.79 Å². The highest BCUT2D eigenvalue weighted by molar-refractivity contribution is 6.30. The maximum absolute atomic E-state index is 11.9. The van der Waals surface area contributed by atoms with Crippen LogP contribution in [0, 0.1) is 11.3 Å². The van der Waals surface area contributed by atoms with E-state index in [9.17, 15) is 4.79 Å². The van der Waals surface area contributed by atoms with Crippen LogP contribution >= 0.6 is 11.6 Å². The number of halogens is 1. The number of hydrogen-bond acceptors (Lipinski definition) is 3. The number of amides is 1. The second kappa shape index (κ2) is 7.48. The molecule has 1 unspecified atom stereocenters. The molecule has 4 nitrogen and oxygen atoms in total. The van der Waals surface area contributed by atoms with Gasteiger partial charge in [-0.05, 0) is 42.8 Å². The molecule has 2 aromatic rings. The number of benzene rings is 2. The molecule has 2 rings (SSSR count). The Morgan fingerprint density at radius 3 is 2.73 bits per heavy atom. The SMILES string of the molecule is CC(NC(=O)COc1cccc(C#N)c1)c1ccc(Cl)cc1. The highest BCUT2D eigenvalue weighted by Gasteiger charge is 2.10. The lowest BCUT2D eigenvalue weighted by atomic mass is 10.1. The lowest BCUT2D eigenvalue weighted by molar-refractivity contribution is -0.123. The fourth-order valence-electron chi connectivity index (χ4n) is 1.92. The first-order chi connectivity index (χ1) is 10.6. The van der Waals surface area contributed by atoms with Gasteiger partial charge < -0.3 is 10.1 Å². The normalized spacial score (nSPS) is 11.3. The molecule has 0 saturated carbocycles. The van der Waals surface area contributed by atoms with Gasteiger partial charge in [0.05, 0.1) is 17.7 Å². The van der Waals surface area contributed by atoms with Crippen molar-refractivity contribution in [2.45, 2.75) is 13.0 Å². The Morgan fingerprint density at radius 1 is 1.32 bits per heavy atom. The molecule has 0 spiro atoms. The van der Waals surface area contributed by atoms with E-state index in [0.717, 1.165) is 5.56 Å². The third-order valence-electron chi connectivity index (χ3n) is 3.08. The van der Waals surface area contributed by atoms with Gasteiger partial charge in [-0.15, -0.1) is 0 Å². The van der Waals surface area contributed by atoms with Crippen LogP contribution in [0.5, 0.6) is 5.75 Å². The minimum Gasteiger partial charge on any atom is -0.484 e. The van der Waals surface area contributed by atoms with Crippen molar-refractivity contribution in [3.05, 3.63) is 64.7 Å². The Morgan fingerprint density at radius 2 is 2.05 bits per heavy atom. The summed E-state index contributed by atoms with van der Waals surface area (Å²) in [5.41, 5.74) is 1.46. The lowest BCUT2D eigenvalue weighted by Gasteiger charge is -2.15. The van der Waals surface area contributed by atoms with E-state index in [1.807, 2.05) is 25.1 Å². The highest BCUT2D eigenvalue weighted by Crippen LogP contribution is 2.16. The van der Waals surface area contributed by atoms with Crippen molar-refractivity contribution in [2.75, 3.05) is 6.61 Å². The summed E-state index contributed by atoms with van der Waals surface area (Å²) in [4.78, 5) is 11.9. The molecule has 2 aromatic carbocycles. The van der Waals surface area contributed by atoms with Crippen molar-refractivity contribution >= 4 is 17.5 Å². The second-order valence-corrected chi connectivity index (χ2v) is 5.21. The molecule has 1 atom stereocenters. The van der Waals surface area contributed by atoms with Crippen LogP contribution < -0.4 is 10.1 Å². The third kappa shape index (κ3) is 4.51. The van der Waals surface area contributed by atoms with Crippen LogP contribution in [0.2, 0.25) is 5.02 Å². The summed E-state index contributed by atoms with van der Waals surface area (Å²) >= 11 is 5.83. The Balaban J connectivity index is 1.87. The van der Waals surface area contributed by atoms with Crippen LogP contribution in [0.4, 0.5) is 0 Å². The molecule has 1 N–H and O–H groups in total. The quantitative estimate of drug-likeness (QED) is 0.919. The second-order valence-electron chi connectivity index (χ2n) is 4.77. The lowest BCUT2D eigenvalue weighted by Crippen LogP contribution is -2.31. The van der Waals surface area contributed by atoms with E-state index >= 15 is 0 Å². The number of nitrogens with one attached hydrogen (secondary N) is 1. The van der Waals surface area contributed by atoms with Gasteiger partial charge >= 0.3 is 0 Å². The molecule has 0 aliphatic carbocycles. The van der Waals surface area contributed by atoms with E-state index in [0.29, 0.717) is 16.3 Å². The van der Waals surface area contributed by atoms with Gasteiger partial charge in [-0.3, -0.25) is 4.79 Å². The molecule has 5 heteroatoms. The van der Waals surface area contributed by atoms with Crippen LogP contribution in [0.1, 0.15) is 24.1 Å². The molecule has 0 aliphatic heterocycles. The van der Waals surface area contributed by atoms with Gasteiger partial charge in [0.1, 0.15) is 5.75 Å². The van der Waals surface area contributed by atoms with Gasteiger partial charge in [-0.25, -0.2) is 0 Å². The molecule has 0 radical (unpaired) electrons. The molecule has 0 saturated heterocycles. The van der Waals surface area contributed by atoms with Crippen LogP contribution in [0.3, 0.4) is 0 Å². The standard InChI is InChI=1S/C17H15ClN2O2/c1-12(14-5-7-15(18)8-6-14)20-17(21)11-22-16-4-2-3-13(9-16)10-19/h2-9,12H,11H2,1H3,(H,20,21). The zero-order valence-electron chi connectivity index (χ0n) is 12.0. The van der Waals surface area contributed by atoms with Gasteiger partial charge in [0, 0.05) is 5.02 Å². The Hall–Kier alpha value is -2.51. The predicted molar refractivity (Wildman–Crippen MR) is 84.7 cm³/mol. The number of nitrogens with zero attached hydrogens (tertiary/aromatic N) is 1. The largest absolute Gasteiger partial charge is 0.484 e. The van der Waals surface area contributed by atoms with E-state index in [1.54, 1.807) is 36.4 Å². The monoisotopic (exact) mass is 314 g/mol. The van der Waals surface area contributed by atoms with Crippen molar-refractivity contribution in [1.29, 1.82) is 5.26 Å². The molecule has 1 amide bonds. The van der Waals surface area contributed by atoms with Crippen LogP contribution in [-0.4, -0.2) is 12.5 Å². The number of ether oxygens (including phenoxy) is 1. The first-order valence-electron chi connectivity index (χ1n) is 6.76. The number of carbonyl (C=O) groups excluding carboxylic acids is 1. The van der Waals surface area contributed by atoms with E-state index in [2.05, 4.69) is 5.32 Å². The van der Waals surface area contributed by atoms with Gasteiger partial charge in [0.15, 0.2) is 6.61 Å². The summed E-state index contributed by atoms with van der Waals surface area (Å²) in [6.07, 6.45) is 0. The molecular formula is C17H15ClN2O2. The molecule has 112 valence electrons. The molecular weight excluding hydrogens is 300 g/mol. The zero-order valence-corrected chi connectivity index (χ0v) is 12.8. The van der Waals surface area contributed by atoms with Gasteiger partial charge in [0.25, 0.3) is 5.91 Å². The number of nitriles is 1. The maximum Gasteiger partial charge on any atom is 0.258 e. The van der Waals surface area contributed by atoms with E-state index in [-0.39, 0.29) is 18.6 Å². The molecule has 0 aromatic heterocycles. The Bertz CT molecular complexity index is 693. The number of carbonyl (C=O) groups is 1.